The largest absolute Gasteiger partial charge is 0.340 e. The van der Waals surface area contributed by atoms with Crippen molar-refractivity contribution in [3.05, 3.63) is 47.9 Å². The molecule has 2 aromatic rings. The quantitative estimate of drug-likeness (QED) is 0.779. The van der Waals surface area contributed by atoms with Crippen LogP contribution in [0, 0.1) is 12.8 Å². The van der Waals surface area contributed by atoms with Crippen LogP contribution in [0.3, 0.4) is 0 Å². The van der Waals surface area contributed by atoms with Crippen LogP contribution in [0.5, 0.6) is 0 Å². The lowest BCUT2D eigenvalue weighted by Gasteiger charge is -2.36. The van der Waals surface area contributed by atoms with Crippen LogP contribution in [0.1, 0.15) is 30.7 Å². The molecule has 1 aliphatic carbocycles. The number of aryl methyl sites for hydroxylation is 1. The first-order valence-electron chi connectivity index (χ1n) is 9.75. The number of nitrogens with zero attached hydrogens (tertiary/aromatic N) is 4. The molecule has 2 aliphatic rings. The Kier molecular flexibility index (Phi) is 5.34. The first kappa shape index (κ1) is 17.9. The number of benzene rings is 1. The van der Waals surface area contributed by atoms with E-state index in [9.17, 15) is 4.79 Å². The zero-order chi connectivity index (χ0) is 18.6. The fourth-order valence-corrected chi connectivity index (χ4v) is 3.73. The standard InChI is InChI=1S/C21H26N4O2/c1-16-7-9-17(10-8-16)20-22-19(27-23-20)15-24-11-13-25(14-12-24)21(26)18-5-3-2-4-6-18/h2-3,7-10,18H,4-6,11-15H2,1H3/t18-/m0/s1. The number of piperazine rings is 1. The third kappa shape index (κ3) is 4.27. The predicted molar refractivity (Wildman–Crippen MR) is 103 cm³/mol. The minimum absolute atomic E-state index is 0.176. The Balaban J connectivity index is 1.30. The maximum Gasteiger partial charge on any atom is 0.241 e. The molecule has 6 nitrogen and oxygen atoms in total. The maximum atomic E-state index is 12.6. The van der Waals surface area contributed by atoms with E-state index < -0.39 is 0 Å². The normalized spacial score (nSPS) is 20.8. The van der Waals surface area contributed by atoms with E-state index >= 15 is 0 Å². The molecule has 1 aromatic carbocycles. The third-order valence-corrected chi connectivity index (χ3v) is 5.44. The molecular weight excluding hydrogens is 340 g/mol. The van der Waals surface area contributed by atoms with Crippen LogP contribution in [0.25, 0.3) is 11.4 Å². The molecule has 142 valence electrons. The SMILES string of the molecule is Cc1ccc(-c2noc(CN3CCN(C(=O)[C@H]4CC=CCC4)CC3)n2)cc1. The number of amides is 1. The van der Waals surface area contributed by atoms with Gasteiger partial charge in [0.25, 0.3) is 0 Å². The van der Waals surface area contributed by atoms with E-state index in [1.54, 1.807) is 0 Å². The van der Waals surface area contributed by atoms with Gasteiger partial charge >= 0.3 is 0 Å². The highest BCUT2D eigenvalue weighted by atomic mass is 16.5. The molecule has 0 unspecified atom stereocenters. The van der Waals surface area contributed by atoms with Crippen LogP contribution in [0.15, 0.2) is 40.9 Å². The molecule has 6 heteroatoms. The van der Waals surface area contributed by atoms with E-state index in [1.165, 1.54) is 5.56 Å². The van der Waals surface area contributed by atoms with Crippen molar-refractivity contribution < 1.29 is 9.32 Å². The Labute approximate surface area is 159 Å². The van der Waals surface area contributed by atoms with Gasteiger partial charge in [-0.25, -0.2) is 0 Å². The van der Waals surface area contributed by atoms with Crippen LogP contribution in [-0.4, -0.2) is 52.0 Å². The van der Waals surface area contributed by atoms with Crippen LogP contribution < -0.4 is 0 Å². The van der Waals surface area contributed by atoms with Crippen LogP contribution in [0.2, 0.25) is 0 Å². The molecule has 0 spiro atoms. The number of carbonyl (C=O) groups is 1. The zero-order valence-corrected chi connectivity index (χ0v) is 15.8. The molecule has 1 amide bonds. The van der Waals surface area contributed by atoms with E-state index in [2.05, 4.69) is 34.1 Å². The second-order valence-electron chi connectivity index (χ2n) is 7.46. The fraction of sp³-hybridized carbons (Fsp3) is 0.476. The fourth-order valence-electron chi connectivity index (χ4n) is 3.73. The van der Waals surface area contributed by atoms with Gasteiger partial charge < -0.3 is 9.42 Å². The molecule has 4 rings (SSSR count). The summed E-state index contributed by atoms with van der Waals surface area (Å²) in [6.45, 7) is 5.93. The minimum atomic E-state index is 0.176. The summed E-state index contributed by atoms with van der Waals surface area (Å²) >= 11 is 0. The lowest BCUT2D eigenvalue weighted by Crippen LogP contribution is -2.50. The smallest absolute Gasteiger partial charge is 0.241 e. The summed E-state index contributed by atoms with van der Waals surface area (Å²) in [6, 6.07) is 8.11. The molecule has 1 aliphatic heterocycles. The second kappa shape index (κ2) is 8.05. The van der Waals surface area contributed by atoms with E-state index in [-0.39, 0.29) is 5.92 Å². The van der Waals surface area contributed by atoms with Crippen LogP contribution in [0.4, 0.5) is 0 Å². The van der Waals surface area contributed by atoms with Gasteiger partial charge in [0.15, 0.2) is 0 Å². The van der Waals surface area contributed by atoms with Gasteiger partial charge in [0.1, 0.15) is 0 Å². The Bertz CT molecular complexity index is 804. The third-order valence-electron chi connectivity index (χ3n) is 5.44. The summed E-state index contributed by atoms with van der Waals surface area (Å²) in [5, 5.41) is 4.10. The highest BCUT2D eigenvalue weighted by Crippen LogP contribution is 2.22. The molecule has 1 saturated heterocycles. The maximum absolute atomic E-state index is 12.6. The van der Waals surface area contributed by atoms with Gasteiger partial charge in [-0.05, 0) is 26.2 Å². The number of hydrogen-bond acceptors (Lipinski definition) is 5. The van der Waals surface area contributed by atoms with E-state index in [1.807, 2.05) is 29.2 Å². The highest BCUT2D eigenvalue weighted by molar-refractivity contribution is 5.79. The van der Waals surface area contributed by atoms with Crippen molar-refractivity contribution in [1.29, 1.82) is 0 Å². The zero-order valence-electron chi connectivity index (χ0n) is 15.8. The number of carbonyl (C=O) groups excluding carboxylic acids is 1. The molecule has 1 aromatic heterocycles. The van der Waals surface area contributed by atoms with E-state index in [0.29, 0.717) is 24.2 Å². The molecular formula is C21H26N4O2. The summed E-state index contributed by atoms with van der Waals surface area (Å²) < 4.78 is 5.43. The molecule has 0 radical (unpaired) electrons. The van der Waals surface area contributed by atoms with Gasteiger partial charge in [0.2, 0.25) is 17.6 Å². The van der Waals surface area contributed by atoms with Gasteiger partial charge in [-0.1, -0.05) is 47.1 Å². The molecule has 0 bridgehead atoms. The molecule has 0 saturated carbocycles. The average molecular weight is 366 g/mol. The number of rotatable bonds is 4. The van der Waals surface area contributed by atoms with Gasteiger partial charge in [-0.3, -0.25) is 9.69 Å². The summed E-state index contributed by atoms with van der Waals surface area (Å²) in [5.41, 5.74) is 2.17. The van der Waals surface area contributed by atoms with Crippen molar-refractivity contribution in [3.8, 4) is 11.4 Å². The summed E-state index contributed by atoms with van der Waals surface area (Å²) in [6.07, 6.45) is 7.22. The van der Waals surface area contributed by atoms with Crippen molar-refractivity contribution in [1.82, 2.24) is 19.9 Å². The molecule has 1 atom stereocenters. The van der Waals surface area contributed by atoms with Crippen molar-refractivity contribution in [2.24, 2.45) is 5.92 Å². The van der Waals surface area contributed by atoms with Crippen LogP contribution in [-0.2, 0) is 11.3 Å². The Hall–Kier alpha value is -2.47. The lowest BCUT2D eigenvalue weighted by atomic mass is 9.93. The topological polar surface area (TPSA) is 62.5 Å². The molecule has 0 N–H and O–H groups in total. The average Bonchev–Trinajstić information content (AvgIpc) is 3.18. The van der Waals surface area contributed by atoms with Crippen molar-refractivity contribution in [3.63, 3.8) is 0 Å². The molecule has 27 heavy (non-hydrogen) atoms. The van der Waals surface area contributed by atoms with E-state index in [0.717, 1.165) is 51.0 Å². The van der Waals surface area contributed by atoms with Crippen molar-refractivity contribution in [2.45, 2.75) is 32.7 Å². The van der Waals surface area contributed by atoms with Gasteiger partial charge in [0, 0.05) is 37.7 Å². The van der Waals surface area contributed by atoms with Crippen molar-refractivity contribution >= 4 is 5.91 Å². The predicted octanol–water partition coefficient (Wildman–Crippen LogP) is 3.05. The van der Waals surface area contributed by atoms with Crippen LogP contribution >= 0.6 is 0 Å². The summed E-state index contributed by atoms with van der Waals surface area (Å²) in [7, 11) is 0. The Morgan fingerprint density at radius 3 is 2.63 bits per heavy atom. The van der Waals surface area contributed by atoms with Gasteiger partial charge in [0.05, 0.1) is 6.54 Å². The number of allylic oxidation sites excluding steroid dienone is 2. The summed E-state index contributed by atoms with van der Waals surface area (Å²) in [4.78, 5) is 21.5. The molecule has 1 fully saturated rings. The summed E-state index contributed by atoms with van der Waals surface area (Å²) in [5.74, 6) is 1.75. The second-order valence-corrected chi connectivity index (χ2v) is 7.46. The highest BCUT2D eigenvalue weighted by Gasteiger charge is 2.27. The first-order valence-corrected chi connectivity index (χ1v) is 9.75. The van der Waals surface area contributed by atoms with Gasteiger partial charge in [-0.15, -0.1) is 0 Å². The van der Waals surface area contributed by atoms with Gasteiger partial charge in [-0.2, -0.15) is 4.98 Å². The van der Waals surface area contributed by atoms with Crippen molar-refractivity contribution in [2.75, 3.05) is 26.2 Å². The molecule has 2 heterocycles. The minimum Gasteiger partial charge on any atom is -0.340 e. The number of hydrogen-bond donors (Lipinski definition) is 0. The lowest BCUT2D eigenvalue weighted by molar-refractivity contribution is -0.137. The first-order chi connectivity index (χ1) is 13.2. The van der Waals surface area contributed by atoms with E-state index in [4.69, 9.17) is 4.52 Å². The monoisotopic (exact) mass is 366 g/mol. The number of aromatic nitrogens is 2. The Morgan fingerprint density at radius 2 is 1.93 bits per heavy atom. The Morgan fingerprint density at radius 1 is 1.15 bits per heavy atom.